The van der Waals surface area contributed by atoms with Crippen LogP contribution in [0.1, 0.15) is 23.2 Å². The molecule has 0 saturated carbocycles. The second-order valence-corrected chi connectivity index (χ2v) is 14.0. The number of likely N-dealkylation sites (tertiary alicyclic amines) is 1. The fraction of sp³-hybridized carbons (Fsp3) is 0.536. The number of hydrogen-bond donors (Lipinski definition) is 1. The molecule has 232 valence electrons. The smallest absolute Gasteiger partial charge is 0.378 e. The zero-order valence-electron chi connectivity index (χ0n) is 24.4. The number of anilines is 3. The Morgan fingerprint density at radius 3 is 2.60 bits per heavy atom. The van der Waals surface area contributed by atoms with Crippen LogP contribution in [0.5, 0.6) is 0 Å². The van der Waals surface area contributed by atoms with Crippen LogP contribution in [0.15, 0.2) is 29.3 Å². The van der Waals surface area contributed by atoms with Gasteiger partial charge in [0, 0.05) is 63.0 Å². The van der Waals surface area contributed by atoms with E-state index in [2.05, 4.69) is 15.2 Å². The van der Waals surface area contributed by atoms with Gasteiger partial charge in [0.2, 0.25) is 0 Å². The third-order valence-electron chi connectivity index (χ3n) is 8.17. The van der Waals surface area contributed by atoms with Crippen molar-refractivity contribution in [3.8, 4) is 0 Å². The number of fused-ring (bicyclic) bond motifs is 1. The molecule has 0 amide bonds. The number of aliphatic imine (C=N–C) groups is 1. The number of imidazole rings is 1. The van der Waals surface area contributed by atoms with Gasteiger partial charge in [0.25, 0.3) is 0 Å². The summed E-state index contributed by atoms with van der Waals surface area (Å²) in [5, 5.41) is 8.09. The Morgan fingerprint density at radius 1 is 1.19 bits per heavy atom. The van der Waals surface area contributed by atoms with E-state index in [1.807, 2.05) is 25.1 Å². The summed E-state index contributed by atoms with van der Waals surface area (Å²) in [4.78, 5) is 15.1. The number of aromatic nitrogens is 3. The first-order chi connectivity index (χ1) is 20.3. The van der Waals surface area contributed by atoms with Crippen LogP contribution >= 0.6 is 0 Å². The lowest BCUT2D eigenvalue weighted by Crippen LogP contribution is -2.50. The molecule has 1 aromatic carbocycles. The fourth-order valence-electron chi connectivity index (χ4n) is 6.24. The Morgan fingerprint density at radius 2 is 1.93 bits per heavy atom. The molecule has 3 aliphatic heterocycles. The Hall–Kier alpha value is -3.43. The summed E-state index contributed by atoms with van der Waals surface area (Å²) in [7, 11) is 0.662. The molecule has 0 unspecified atom stereocenters. The van der Waals surface area contributed by atoms with E-state index >= 15 is 0 Å². The van der Waals surface area contributed by atoms with Crippen molar-refractivity contribution in [1.29, 1.82) is 0 Å². The molecule has 3 aliphatic rings. The number of halogens is 3. The highest BCUT2D eigenvalue weighted by molar-refractivity contribution is 7.92. The first kappa shape index (κ1) is 29.6. The summed E-state index contributed by atoms with van der Waals surface area (Å²) in [5.74, 6) is 1.29. The Bertz CT molecular complexity index is 1650. The van der Waals surface area contributed by atoms with Gasteiger partial charge in [0.05, 0.1) is 42.3 Å². The zero-order chi connectivity index (χ0) is 30.6. The highest BCUT2D eigenvalue weighted by atomic mass is 32.2. The van der Waals surface area contributed by atoms with Crippen LogP contribution in [0.3, 0.4) is 0 Å². The van der Waals surface area contributed by atoms with Crippen molar-refractivity contribution in [2.75, 3.05) is 75.2 Å². The Kier molecular flexibility index (Phi) is 7.53. The van der Waals surface area contributed by atoms with Gasteiger partial charge in [-0.2, -0.15) is 17.7 Å². The summed E-state index contributed by atoms with van der Waals surface area (Å²) >= 11 is 0. The van der Waals surface area contributed by atoms with Gasteiger partial charge in [0.15, 0.2) is 27.1 Å². The van der Waals surface area contributed by atoms with E-state index in [0.29, 0.717) is 80.2 Å². The van der Waals surface area contributed by atoms with Crippen LogP contribution in [0.4, 0.5) is 36.2 Å². The standard InChI is InChI=1S/C28H35F3N8O3S/c1-19-25(39-26(33-19)23(32-18-36(2)3)13-24(35-39)38-9-11-42-12-10-38)34-22-6-4-5-21(28(29,30)31)20(22)14-37-8-7-27(15-37)16-43(40,41)17-27/h4-6,13,18,34H,7-12,14-17H2,1-3H3/b32-18+. The molecular formula is C28H35F3N8O3S. The van der Waals surface area contributed by atoms with Crippen molar-refractivity contribution in [2.24, 2.45) is 10.4 Å². The van der Waals surface area contributed by atoms with E-state index < -0.39 is 21.6 Å². The topological polar surface area (TPSA) is 108 Å². The highest BCUT2D eigenvalue weighted by Gasteiger charge is 2.52. The second-order valence-electron chi connectivity index (χ2n) is 11.9. The van der Waals surface area contributed by atoms with Crippen LogP contribution < -0.4 is 10.2 Å². The molecule has 15 heteroatoms. The van der Waals surface area contributed by atoms with Gasteiger partial charge in [-0.3, -0.25) is 4.90 Å². The van der Waals surface area contributed by atoms with Gasteiger partial charge < -0.3 is 19.9 Å². The summed E-state index contributed by atoms with van der Waals surface area (Å²) in [5.41, 5.74) is 0.888. The number of rotatable bonds is 7. The molecule has 5 heterocycles. The maximum atomic E-state index is 14.3. The predicted octanol–water partition coefficient (Wildman–Crippen LogP) is 3.48. The minimum atomic E-state index is -4.57. The molecule has 0 bridgehead atoms. The molecule has 1 spiro atoms. The van der Waals surface area contributed by atoms with E-state index in [4.69, 9.17) is 14.8 Å². The van der Waals surface area contributed by atoms with Crippen LogP contribution in [0.2, 0.25) is 0 Å². The molecule has 3 fully saturated rings. The molecule has 3 saturated heterocycles. The summed E-state index contributed by atoms with van der Waals surface area (Å²) in [6.07, 6.45) is -2.26. The minimum Gasteiger partial charge on any atom is -0.378 e. The van der Waals surface area contributed by atoms with Crippen molar-refractivity contribution in [2.45, 2.75) is 26.1 Å². The van der Waals surface area contributed by atoms with Gasteiger partial charge >= 0.3 is 6.18 Å². The van der Waals surface area contributed by atoms with Crippen LogP contribution in [0.25, 0.3) is 5.65 Å². The number of morpholine rings is 1. The van der Waals surface area contributed by atoms with Crippen LogP contribution in [-0.2, 0) is 27.3 Å². The van der Waals surface area contributed by atoms with E-state index in [1.54, 1.807) is 28.7 Å². The molecule has 11 nitrogen and oxygen atoms in total. The third kappa shape index (κ3) is 6.02. The number of hydrogen-bond acceptors (Lipinski definition) is 9. The van der Waals surface area contributed by atoms with Gasteiger partial charge in [-0.05, 0) is 32.0 Å². The van der Waals surface area contributed by atoms with Crippen molar-refractivity contribution >= 4 is 44.8 Å². The number of sulfone groups is 1. The predicted molar refractivity (Wildman–Crippen MR) is 158 cm³/mol. The van der Waals surface area contributed by atoms with Gasteiger partial charge in [-0.1, -0.05) is 6.07 Å². The molecule has 0 aliphatic carbocycles. The number of benzene rings is 1. The lowest BCUT2D eigenvalue weighted by molar-refractivity contribution is -0.138. The number of nitrogens with one attached hydrogen (secondary N) is 1. The fourth-order valence-corrected chi connectivity index (χ4v) is 8.50. The van der Waals surface area contributed by atoms with E-state index in [1.165, 1.54) is 6.07 Å². The van der Waals surface area contributed by atoms with Crippen LogP contribution in [-0.4, -0.2) is 104 Å². The first-order valence-corrected chi connectivity index (χ1v) is 16.0. The Labute approximate surface area is 248 Å². The molecule has 3 aromatic rings. The molecule has 0 radical (unpaired) electrons. The Balaban J connectivity index is 1.39. The number of ether oxygens (including phenoxy) is 1. The number of alkyl halides is 3. The maximum Gasteiger partial charge on any atom is 0.416 e. The summed E-state index contributed by atoms with van der Waals surface area (Å²) in [6.45, 7) is 5.19. The molecule has 2 aromatic heterocycles. The zero-order valence-corrected chi connectivity index (χ0v) is 25.2. The molecule has 1 N–H and O–H groups in total. The summed E-state index contributed by atoms with van der Waals surface area (Å²) in [6, 6.07) is 5.96. The lowest BCUT2D eigenvalue weighted by atomic mass is 9.91. The maximum absolute atomic E-state index is 14.3. The van der Waals surface area contributed by atoms with Crippen molar-refractivity contribution < 1.29 is 26.3 Å². The second kappa shape index (κ2) is 10.9. The molecular weight excluding hydrogens is 585 g/mol. The largest absolute Gasteiger partial charge is 0.416 e. The summed E-state index contributed by atoms with van der Waals surface area (Å²) < 4.78 is 73.8. The van der Waals surface area contributed by atoms with Crippen molar-refractivity contribution in [3.63, 3.8) is 0 Å². The number of nitrogens with zero attached hydrogens (tertiary/aromatic N) is 7. The van der Waals surface area contributed by atoms with Gasteiger partial charge in [-0.15, -0.1) is 5.10 Å². The van der Waals surface area contributed by atoms with E-state index in [9.17, 15) is 21.6 Å². The SMILES string of the molecule is Cc1nc2c(/N=C/N(C)C)cc(N3CCOCC3)nn2c1Nc1cccc(C(F)(F)F)c1CN1CCC2(C1)CS(=O)(=O)C2. The van der Waals surface area contributed by atoms with Crippen molar-refractivity contribution in [3.05, 3.63) is 41.1 Å². The highest BCUT2D eigenvalue weighted by Crippen LogP contribution is 2.44. The van der Waals surface area contributed by atoms with Gasteiger partial charge in [-0.25, -0.2) is 18.4 Å². The monoisotopic (exact) mass is 620 g/mol. The van der Waals surface area contributed by atoms with E-state index in [-0.39, 0.29) is 29.0 Å². The minimum absolute atomic E-state index is 0.0282. The third-order valence-corrected chi connectivity index (χ3v) is 10.3. The quantitative estimate of drug-likeness (QED) is 0.314. The first-order valence-electron chi connectivity index (χ1n) is 14.2. The molecule has 6 rings (SSSR count). The number of aryl methyl sites for hydroxylation is 1. The van der Waals surface area contributed by atoms with Crippen LogP contribution in [0, 0.1) is 12.3 Å². The normalized spacial score (nSPS) is 20.3. The molecule has 43 heavy (non-hydrogen) atoms. The molecule has 0 atom stereocenters. The van der Waals surface area contributed by atoms with Crippen molar-refractivity contribution in [1.82, 2.24) is 24.4 Å². The van der Waals surface area contributed by atoms with E-state index in [0.717, 1.165) is 6.07 Å². The van der Waals surface area contributed by atoms with Gasteiger partial charge in [0.1, 0.15) is 5.69 Å². The average molecular weight is 621 g/mol. The average Bonchev–Trinajstić information content (AvgIpc) is 3.47. The lowest BCUT2D eigenvalue weighted by Gasteiger charge is -2.37.